The molecule has 7 heteroatoms. The van der Waals surface area contributed by atoms with E-state index in [2.05, 4.69) is 31.0 Å². The smallest absolute Gasteiger partial charge is 0.223 e. The second kappa shape index (κ2) is 4.54. The molecule has 0 unspecified atom stereocenters. The maximum atomic E-state index is 6.05. The summed E-state index contributed by atoms with van der Waals surface area (Å²) in [5, 5.41) is 6.69. The van der Waals surface area contributed by atoms with Gasteiger partial charge in [0, 0.05) is 23.7 Å². The quantitative estimate of drug-likeness (QED) is 0.615. The Hall–Kier alpha value is -0.980. The topological polar surface area (TPSA) is 43.6 Å². The van der Waals surface area contributed by atoms with Gasteiger partial charge in [-0.15, -0.1) is 11.3 Å². The average Bonchev–Trinajstić information content (AvgIpc) is 2.82. The van der Waals surface area contributed by atoms with Gasteiger partial charge in [0.25, 0.3) is 0 Å². The summed E-state index contributed by atoms with van der Waals surface area (Å²) in [6.07, 6.45) is 0. The lowest BCUT2D eigenvalue weighted by molar-refractivity contribution is 0.731. The van der Waals surface area contributed by atoms with Gasteiger partial charge in [-0.1, -0.05) is 0 Å². The molecule has 4 nitrogen and oxygen atoms in total. The second-order valence-electron chi connectivity index (χ2n) is 4.27. The van der Waals surface area contributed by atoms with E-state index in [-0.39, 0.29) is 5.28 Å². The maximum absolute atomic E-state index is 6.05. The standard InChI is InChI=1S/C12H10BrClN4S/c1-5-8(6(2)18(3)17-5)10-11-9(7(13)4-19-11)15-12(14)16-10/h4H,1-3H3. The Labute approximate surface area is 127 Å². The average molecular weight is 358 g/mol. The molecule has 0 aliphatic rings. The zero-order chi connectivity index (χ0) is 13.7. The summed E-state index contributed by atoms with van der Waals surface area (Å²) in [6.45, 7) is 4.01. The van der Waals surface area contributed by atoms with Crippen LogP contribution in [0.15, 0.2) is 9.85 Å². The van der Waals surface area contributed by atoms with Crippen LogP contribution in [0.4, 0.5) is 0 Å². The normalized spacial score (nSPS) is 11.4. The maximum Gasteiger partial charge on any atom is 0.223 e. The molecule has 0 saturated carbocycles. The molecule has 0 radical (unpaired) electrons. The first kappa shape index (κ1) is 13.0. The zero-order valence-electron chi connectivity index (χ0n) is 10.5. The highest BCUT2D eigenvalue weighted by atomic mass is 79.9. The van der Waals surface area contributed by atoms with Crippen LogP contribution < -0.4 is 0 Å². The number of halogens is 2. The van der Waals surface area contributed by atoms with Crippen molar-refractivity contribution >= 4 is 49.1 Å². The van der Waals surface area contributed by atoms with Crippen molar-refractivity contribution < 1.29 is 0 Å². The number of aromatic nitrogens is 4. The van der Waals surface area contributed by atoms with E-state index in [0.29, 0.717) is 0 Å². The fourth-order valence-corrected chi connectivity index (χ4v) is 3.88. The van der Waals surface area contributed by atoms with E-state index >= 15 is 0 Å². The van der Waals surface area contributed by atoms with E-state index in [1.54, 1.807) is 11.3 Å². The Morgan fingerprint density at radius 1 is 1.32 bits per heavy atom. The number of rotatable bonds is 1. The lowest BCUT2D eigenvalue weighted by Gasteiger charge is -2.04. The molecule has 0 saturated heterocycles. The molecular formula is C12H10BrClN4S. The number of nitrogens with zero attached hydrogens (tertiary/aromatic N) is 4. The van der Waals surface area contributed by atoms with Gasteiger partial charge in [0.2, 0.25) is 5.28 Å². The molecule has 19 heavy (non-hydrogen) atoms. The van der Waals surface area contributed by atoms with Crippen molar-refractivity contribution in [1.82, 2.24) is 19.7 Å². The van der Waals surface area contributed by atoms with Crippen molar-refractivity contribution in [3.63, 3.8) is 0 Å². The van der Waals surface area contributed by atoms with Gasteiger partial charge in [0.15, 0.2) is 0 Å². The van der Waals surface area contributed by atoms with Gasteiger partial charge in [0.05, 0.1) is 20.6 Å². The van der Waals surface area contributed by atoms with Crippen molar-refractivity contribution in [3.8, 4) is 11.3 Å². The van der Waals surface area contributed by atoms with Crippen LogP contribution in [0.3, 0.4) is 0 Å². The highest BCUT2D eigenvalue weighted by Gasteiger charge is 2.19. The fourth-order valence-electron chi connectivity index (χ4n) is 2.15. The third kappa shape index (κ3) is 1.98. The van der Waals surface area contributed by atoms with E-state index < -0.39 is 0 Å². The summed E-state index contributed by atoms with van der Waals surface area (Å²) in [5.41, 5.74) is 4.75. The van der Waals surface area contributed by atoms with Crippen molar-refractivity contribution in [1.29, 1.82) is 0 Å². The number of fused-ring (bicyclic) bond motifs is 1. The van der Waals surface area contributed by atoms with E-state index in [1.165, 1.54) is 0 Å². The molecule has 0 bridgehead atoms. The molecule has 3 rings (SSSR count). The van der Waals surface area contributed by atoms with Gasteiger partial charge < -0.3 is 0 Å². The van der Waals surface area contributed by atoms with Crippen LogP contribution >= 0.6 is 38.9 Å². The Bertz CT molecular complexity index is 793. The van der Waals surface area contributed by atoms with Crippen molar-refractivity contribution in [2.24, 2.45) is 7.05 Å². The first-order valence-corrected chi connectivity index (χ1v) is 7.65. The summed E-state index contributed by atoms with van der Waals surface area (Å²) in [5.74, 6) is 0. The van der Waals surface area contributed by atoms with Crippen molar-refractivity contribution in [2.75, 3.05) is 0 Å². The van der Waals surface area contributed by atoms with Gasteiger partial charge in [-0.25, -0.2) is 9.97 Å². The van der Waals surface area contributed by atoms with Crippen LogP contribution in [0.1, 0.15) is 11.4 Å². The van der Waals surface area contributed by atoms with E-state index in [9.17, 15) is 0 Å². The summed E-state index contributed by atoms with van der Waals surface area (Å²) in [7, 11) is 1.93. The van der Waals surface area contributed by atoms with Crippen LogP contribution in [-0.2, 0) is 7.05 Å². The van der Waals surface area contributed by atoms with Crippen LogP contribution in [0.2, 0.25) is 5.28 Å². The summed E-state index contributed by atoms with van der Waals surface area (Å²) in [6, 6.07) is 0. The fraction of sp³-hybridized carbons (Fsp3) is 0.250. The molecular weight excluding hydrogens is 348 g/mol. The van der Waals surface area contributed by atoms with Gasteiger partial charge in [-0.2, -0.15) is 5.10 Å². The predicted octanol–water partition coefficient (Wildman–Crippen LogP) is 4.12. The Kier molecular flexibility index (Phi) is 3.11. The number of thiophene rings is 1. The first-order chi connectivity index (χ1) is 8.99. The van der Waals surface area contributed by atoms with Crippen LogP contribution in [0, 0.1) is 13.8 Å². The summed E-state index contributed by atoms with van der Waals surface area (Å²) >= 11 is 11.1. The molecule has 3 heterocycles. The van der Waals surface area contributed by atoms with Gasteiger partial charge in [-0.05, 0) is 41.4 Å². The summed E-state index contributed by atoms with van der Waals surface area (Å²) in [4.78, 5) is 8.69. The molecule has 0 N–H and O–H groups in total. The molecule has 0 spiro atoms. The monoisotopic (exact) mass is 356 g/mol. The third-order valence-electron chi connectivity index (χ3n) is 3.09. The van der Waals surface area contributed by atoms with Crippen LogP contribution in [-0.4, -0.2) is 19.7 Å². The lowest BCUT2D eigenvalue weighted by atomic mass is 10.1. The molecule has 3 aromatic rings. The molecule has 0 aliphatic heterocycles. The third-order valence-corrected chi connectivity index (χ3v) is 5.14. The van der Waals surface area contributed by atoms with Crippen LogP contribution in [0.5, 0.6) is 0 Å². The largest absolute Gasteiger partial charge is 0.272 e. The molecule has 0 aromatic carbocycles. The lowest BCUT2D eigenvalue weighted by Crippen LogP contribution is -1.94. The van der Waals surface area contributed by atoms with Crippen LogP contribution in [0.25, 0.3) is 21.5 Å². The highest BCUT2D eigenvalue weighted by molar-refractivity contribution is 9.10. The van der Waals surface area contributed by atoms with E-state index in [1.807, 2.05) is 31.0 Å². The minimum absolute atomic E-state index is 0.254. The van der Waals surface area contributed by atoms with E-state index in [0.717, 1.165) is 37.3 Å². The van der Waals surface area contributed by atoms with E-state index in [4.69, 9.17) is 11.6 Å². The van der Waals surface area contributed by atoms with Gasteiger partial charge >= 0.3 is 0 Å². The minimum Gasteiger partial charge on any atom is -0.272 e. The Morgan fingerprint density at radius 2 is 2.05 bits per heavy atom. The predicted molar refractivity (Wildman–Crippen MR) is 81.8 cm³/mol. The zero-order valence-corrected chi connectivity index (χ0v) is 13.7. The molecule has 0 aliphatic carbocycles. The van der Waals surface area contributed by atoms with Crippen molar-refractivity contribution in [3.05, 3.63) is 26.5 Å². The summed E-state index contributed by atoms with van der Waals surface area (Å²) < 4.78 is 3.82. The minimum atomic E-state index is 0.254. The molecule has 3 aromatic heterocycles. The molecule has 98 valence electrons. The van der Waals surface area contributed by atoms with Gasteiger partial charge in [-0.3, -0.25) is 4.68 Å². The van der Waals surface area contributed by atoms with Gasteiger partial charge in [0.1, 0.15) is 5.52 Å². The first-order valence-electron chi connectivity index (χ1n) is 5.60. The number of aryl methyl sites for hydroxylation is 2. The molecule has 0 atom stereocenters. The molecule has 0 fully saturated rings. The highest BCUT2D eigenvalue weighted by Crippen LogP contribution is 2.38. The Balaban J connectivity index is 2.42. The number of hydrogen-bond donors (Lipinski definition) is 0. The number of hydrogen-bond acceptors (Lipinski definition) is 4. The molecule has 0 amide bonds. The Morgan fingerprint density at radius 3 is 2.68 bits per heavy atom. The second-order valence-corrected chi connectivity index (χ2v) is 6.34. The van der Waals surface area contributed by atoms with Crippen molar-refractivity contribution in [2.45, 2.75) is 13.8 Å². The SMILES string of the molecule is Cc1nn(C)c(C)c1-c1nc(Cl)nc2c(Br)csc12.